The highest BCUT2D eigenvalue weighted by molar-refractivity contribution is 5.96. The zero-order valence-electron chi connectivity index (χ0n) is 17.7. The fourth-order valence-corrected chi connectivity index (χ4v) is 7.25. The van der Waals surface area contributed by atoms with E-state index in [-0.39, 0.29) is 22.3 Å². The number of piperidine rings is 1. The second-order valence-corrected chi connectivity index (χ2v) is 10.3. The number of rotatable bonds is 4. The number of fused-ring (bicyclic) bond motifs is 1. The van der Waals surface area contributed by atoms with E-state index in [1.54, 1.807) is 6.07 Å². The normalized spacial score (nSPS) is 38.3. The summed E-state index contributed by atoms with van der Waals surface area (Å²) in [7, 11) is 4.27. The van der Waals surface area contributed by atoms with E-state index in [1.165, 1.54) is 25.0 Å². The predicted octanol–water partition coefficient (Wildman–Crippen LogP) is 3.04. The fourth-order valence-electron chi connectivity index (χ4n) is 7.25. The SMILES string of the molecule is C=C1CC[C@@]2(OC)[C@H]3Cc4ccc(C(N)=O)c(O)c4[C@@]2(CC[N+]3(C)CC2CC2)C1. The van der Waals surface area contributed by atoms with Crippen LogP contribution in [0.3, 0.4) is 0 Å². The molecule has 1 aliphatic heterocycles. The molecule has 1 aromatic carbocycles. The zero-order valence-corrected chi connectivity index (χ0v) is 17.7. The van der Waals surface area contributed by atoms with Crippen LogP contribution >= 0.6 is 0 Å². The van der Waals surface area contributed by atoms with Crippen molar-refractivity contribution < 1.29 is 19.1 Å². The van der Waals surface area contributed by atoms with E-state index >= 15 is 0 Å². The third-order valence-electron chi connectivity index (χ3n) is 8.71. The molecule has 4 aliphatic rings. The molecular formula is C24H33N2O3+. The van der Waals surface area contributed by atoms with Gasteiger partial charge >= 0.3 is 0 Å². The maximum absolute atomic E-state index is 12.0. The minimum absolute atomic E-state index is 0.0721. The molecule has 5 rings (SSSR count). The number of hydrogen-bond donors (Lipinski definition) is 2. The summed E-state index contributed by atoms with van der Waals surface area (Å²) in [6.45, 7) is 6.62. The number of allylic oxidation sites excluding steroid dienone is 1. The molecule has 5 nitrogen and oxygen atoms in total. The first-order valence-corrected chi connectivity index (χ1v) is 11.0. The van der Waals surface area contributed by atoms with Gasteiger partial charge in [-0.3, -0.25) is 4.79 Å². The number of benzene rings is 1. The maximum atomic E-state index is 12.0. The Bertz CT molecular complexity index is 908. The smallest absolute Gasteiger partial charge is 0.252 e. The van der Waals surface area contributed by atoms with Crippen molar-refractivity contribution in [3.63, 3.8) is 0 Å². The average molecular weight is 398 g/mol. The lowest BCUT2D eigenvalue weighted by molar-refractivity contribution is -0.950. The number of hydrogen-bond acceptors (Lipinski definition) is 3. The van der Waals surface area contributed by atoms with Crippen LogP contribution in [-0.4, -0.2) is 54.4 Å². The Morgan fingerprint density at radius 1 is 1.38 bits per heavy atom. The molecule has 1 aromatic rings. The van der Waals surface area contributed by atoms with Crippen LogP contribution in [-0.2, 0) is 16.6 Å². The molecule has 1 saturated heterocycles. The lowest BCUT2D eigenvalue weighted by Crippen LogP contribution is -2.78. The molecule has 0 aromatic heterocycles. The van der Waals surface area contributed by atoms with Crippen molar-refractivity contribution >= 4 is 5.91 Å². The van der Waals surface area contributed by atoms with Gasteiger partial charge in [0, 0.05) is 36.8 Å². The zero-order chi connectivity index (χ0) is 20.6. The number of nitrogens with two attached hydrogens (primary N) is 1. The largest absolute Gasteiger partial charge is 0.507 e. The summed E-state index contributed by atoms with van der Waals surface area (Å²) in [5.41, 5.74) is 8.39. The number of primary amides is 1. The van der Waals surface area contributed by atoms with Gasteiger partial charge in [0.1, 0.15) is 17.4 Å². The topological polar surface area (TPSA) is 72.5 Å². The van der Waals surface area contributed by atoms with Crippen LogP contribution in [0.4, 0.5) is 0 Å². The number of nitrogens with zero attached hydrogens (tertiary/aromatic N) is 1. The van der Waals surface area contributed by atoms with Crippen molar-refractivity contribution in [1.29, 1.82) is 0 Å². The van der Waals surface area contributed by atoms with Crippen LogP contribution in [0.25, 0.3) is 0 Å². The van der Waals surface area contributed by atoms with E-state index < -0.39 is 5.91 Å². The van der Waals surface area contributed by atoms with Crippen LogP contribution < -0.4 is 5.73 Å². The molecule has 1 heterocycles. The van der Waals surface area contributed by atoms with Crippen molar-refractivity contribution in [3.8, 4) is 5.75 Å². The summed E-state index contributed by atoms with van der Waals surface area (Å²) in [6, 6.07) is 4.07. The molecule has 3 aliphatic carbocycles. The van der Waals surface area contributed by atoms with Gasteiger partial charge in [-0.05, 0) is 43.7 Å². The number of amides is 1. The lowest BCUT2D eigenvalue weighted by Gasteiger charge is -2.67. The summed E-state index contributed by atoms with van der Waals surface area (Å²) in [4.78, 5) is 12.0. The number of carbonyl (C=O) groups is 1. The quantitative estimate of drug-likeness (QED) is 0.606. The highest BCUT2D eigenvalue weighted by Crippen LogP contribution is 2.63. The maximum Gasteiger partial charge on any atom is 0.252 e. The molecule has 3 fully saturated rings. The monoisotopic (exact) mass is 397 g/mol. The molecule has 5 heteroatoms. The van der Waals surface area contributed by atoms with Crippen LogP contribution in [0, 0.1) is 5.92 Å². The van der Waals surface area contributed by atoms with Crippen LogP contribution in [0.5, 0.6) is 5.75 Å². The number of ether oxygens (including phenoxy) is 1. The summed E-state index contributed by atoms with van der Waals surface area (Å²) in [5, 5.41) is 11.2. The van der Waals surface area contributed by atoms with Crippen LogP contribution in [0.1, 0.15) is 60.0 Å². The summed E-state index contributed by atoms with van der Waals surface area (Å²) < 4.78 is 7.56. The molecule has 29 heavy (non-hydrogen) atoms. The Morgan fingerprint density at radius 2 is 2.14 bits per heavy atom. The third kappa shape index (κ3) is 2.43. The van der Waals surface area contributed by atoms with Gasteiger partial charge in [-0.1, -0.05) is 18.2 Å². The van der Waals surface area contributed by atoms with Gasteiger partial charge in [0.15, 0.2) is 0 Å². The Labute approximate surface area is 173 Å². The molecule has 0 radical (unpaired) electrons. The molecule has 1 unspecified atom stereocenters. The summed E-state index contributed by atoms with van der Waals surface area (Å²) in [5.74, 6) is 0.335. The van der Waals surface area contributed by atoms with Gasteiger partial charge in [0.25, 0.3) is 5.91 Å². The summed E-state index contributed by atoms with van der Waals surface area (Å²) >= 11 is 0. The molecule has 0 spiro atoms. The number of likely N-dealkylation sites (tertiary alicyclic amines) is 1. The first-order valence-electron chi connectivity index (χ1n) is 11.0. The minimum Gasteiger partial charge on any atom is -0.507 e. The number of methoxy groups -OCH3 is 1. The minimum atomic E-state index is -0.577. The Kier molecular flexibility index (Phi) is 4.01. The van der Waals surface area contributed by atoms with E-state index in [1.807, 2.05) is 13.2 Å². The van der Waals surface area contributed by atoms with E-state index in [4.69, 9.17) is 10.5 Å². The van der Waals surface area contributed by atoms with Gasteiger partial charge in [0.05, 0.1) is 25.7 Å². The summed E-state index contributed by atoms with van der Waals surface area (Å²) in [6.07, 6.45) is 7.19. The molecule has 2 saturated carbocycles. The fraction of sp³-hybridized carbons (Fsp3) is 0.625. The van der Waals surface area contributed by atoms with E-state index in [0.717, 1.165) is 60.2 Å². The Hall–Kier alpha value is -1.85. The van der Waals surface area contributed by atoms with Crippen molar-refractivity contribution in [2.75, 3.05) is 27.2 Å². The van der Waals surface area contributed by atoms with Crippen LogP contribution in [0.2, 0.25) is 0 Å². The predicted molar refractivity (Wildman–Crippen MR) is 112 cm³/mol. The van der Waals surface area contributed by atoms with Gasteiger partial charge in [-0.25, -0.2) is 0 Å². The molecule has 3 N–H and O–H groups in total. The Morgan fingerprint density at radius 3 is 2.79 bits per heavy atom. The number of quaternary nitrogens is 1. The number of carbonyl (C=O) groups excluding carboxylic acids is 1. The van der Waals surface area contributed by atoms with E-state index in [9.17, 15) is 9.90 Å². The first kappa shape index (κ1) is 19.1. The highest BCUT2D eigenvalue weighted by atomic mass is 16.5. The highest BCUT2D eigenvalue weighted by Gasteiger charge is 2.70. The average Bonchev–Trinajstić information content (AvgIpc) is 3.48. The van der Waals surface area contributed by atoms with Gasteiger partial charge in [0.2, 0.25) is 0 Å². The number of phenols is 1. The van der Waals surface area contributed by atoms with Gasteiger partial charge in [-0.2, -0.15) is 0 Å². The molecule has 156 valence electrons. The lowest BCUT2D eigenvalue weighted by atomic mass is 9.48. The van der Waals surface area contributed by atoms with Gasteiger partial charge in [-0.15, -0.1) is 0 Å². The standard InChI is InChI=1S/C24H32N2O3/c1-15-8-9-24(29-3)19-12-17-6-7-18(22(25)28)21(27)20(17)23(24,13-15)10-11-26(19,2)14-16-4-5-16/h6-7,16,19H,1,4-5,8-14H2,2-3H3,(H2-,25,27,28)/p+1/t19-,23-,24-,26?/m1/s1. The Balaban J connectivity index is 1.75. The number of aromatic hydroxyl groups is 1. The first-order chi connectivity index (χ1) is 13.8. The number of likely N-dealkylation sites (N-methyl/N-ethyl adjacent to an activating group) is 1. The molecule has 1 amide bonds. The molecular weight excluding hydrogens is 364 g/mol. The van der Waals surface area contributed by atoms with Gasteiger partial charge < -0.3 is 20.1 Å². The third-order valence-corrected chi connectivity index (χ3v) is 8.71. The molecule has 2 bridgehead atoms. The second-order valence-electron chi connectivity index (χ2n) is 10.3. The van der Waals surface area contributed by atoms with E-state index in [2.05, 4.69) is 13.6 Å². The van der Waals surface area contributed by atoms with E-state index in [0.29, 0.717) is 6.04 Å². The van der Waals surface area contributed by atoms with Crippen molar-refractivity contribution in [3.05, 3.63) is 41.0 Å². The van der Waals surface area contributed by atoms with Crippen molar-refractivity contribution in [1.82, 2.24) is 0 Å². The second kappa shape index (κ2) is 6.08. The van der Waals surface area contributed by atoms with Crippen molar-refractivity contribution in [2.45, 2.75) is 62.0 Å². The van der Waals surface area contributed by atoms with Crippen molar-refractivity contribution in [2.24, 2.45) is 11.7 Å². The van der Waals surface area contributed by atoms with Crippen LogP contribution in [0.15, 0.2) is 24.3 Å². The molecule has 4 atom stereocenters.